The lowest BCUT2D eigenvalue weighted by molar-refractivity contribution is 0.424. The lowest BCUT2D eigenvalue weighted by Crippen LogP contribution is -2.35. The number of rotatable bonds is 3. The van der Waals surface area contributed by atoms with Crippen LogP contribution in [0.3, 0.4) is 0 Å². The Morgan fingerprint density at radius 2 is 1.86 bits per heavy atom. The molecule has 1 heterocycles. The smallest absolute Gasteiger partial charge is 0.0791 e. The van der Waals surface area contributed by atoms with Crippen LogP contribution in [0, 0.1) is 13.8 Å². The van der Waals surface area contributed by atoms with Gasteiger partial charge in [-0.3, -0.25) is 0 Å². The maximum atomic E-state index is 4.58. The highest BCUT2D eigenvalue weighted by Gasteiger charge is 2.13. The van der Waals surface area contributed by atoms with Crippen LogP contribution in [0.1, 0.15) is 37.7 Å². The molecule has 1 N–H and O–H groups in total. The Morgan fingerprint density at radius 3 is 2.33 bits per heavy atom. The normalized spacial score (nSPS) is 12.0. The Kier molecular flexibility index (Phi) is 4.96. The highest BCUT2D eigenvalue weighted by atomic mass is 79.9. The van der Waals surface area contributed by atoms with E-state index < -0.39 is 0 Å². The van der Waals surface area contributed by atoms with Gasteiger partial charge in [-0.2, -0.15) is 5.10 Å². The molecule has 21 heavy (non-hydrogen) atoms. The molecule has 2 rings (SSSR count). The molecule has 0 saturated heterocycles. The van der Waals surface area contributed by atoms with E-state index in [0.29, 0.717) is 0 Å². The van der Waals surface area contributed by atoms with Gasteiger partial charge in [0.2, 0.25) is 0 Å². The van der Waals surface area contributed by atoms with Crippen molar-refractivity contribution in [3.05, 3.63) is 44.1 Å². The first-order valence-electron chi connectivity index (χ1n) is 6.94. The number of nitrogens with zero attached hydrogens (tertiary/aromatic N) is 2. The second-order valence-corrected chi connectivity index (χ2v) is 7.93. The van der Waals surface area contributed by atoms with Crippen LogP contribution in [0.4, 0.5) is 0 Å². The largest absolute Gasteiger partial charge is 0.308 e. The lowest BCUT2D eigenvalue weighted by atomic mass is 10.1. The summed E-state index contributed by atoms with van der Waals surface area (Å²) in [6, 6.07) is 6.40. The molecule has 0 aliphatic heterocycles. The molecule has 0 aliphatic rings. The van der Waals surface area contributed by atoms with Gasteiger partial charge in [-0.25, -0.2) is 4.68 Å². The molecule has 114 valence electrons. The Bertz CT molecular complexity index is 654. The first kappa shape index (κ1) is 16.7. The Hall–Kier alpha value is -0.650. The number of aryl methyl sites for hydroxylation is 1. The molecule has 0 amide bonds. The maximum Gasteiger partial charge on any atom is 0.0791 e. The zero-order valence-corrected chi connectivity index (χ0v) is 16.3. The van der Waals surface area contributed by atoms with Crippen LogP contribution in [0.5, 0.6) is 0 Å². The molecule has 5 heteroatoms. The summed E-state index contributed by atoms with van der Waals surface area (Å²) in [6.07, 6.45) is 0. The average molecular weight is 415 g/mol. The number of hydrogen-bond acceptors (Lipinski definition) is 2. The molecule has 3 nitrogen and oxygen atoms in total. The van der Waals surface area contributed by atoms with E-state index in [4.69, 9.17) is 0 Å². The molecule has 2 aromatic rings. The van der Waals surface area contributed by atoms with Gasteiger partial charge in [0.25, 0.3) is 0 Å². The van der Waals surface area contributed by atoms with E-state index in [1.54, 1.807) is 0 Å². The predicted molar refractivity (Wildman–Crippen MR) is 95.0 cm³/mol. The molecule has 0 atom stereocenters. The quantitative estimate of drug-likeness (QED) is 0.773. The van der Waals surface area contributed by atoms with Gasteiger partial charge >= 0.3 is 0 Å². The van der Waals surface area contributed by atoms with Gasteiger partial charge in [0.05, 0.1) is 21.5 Å². The summed E-state index contributed by atoms with van der Waals surface area (Å²) in [4.78, 5) is 0. The van der Waals surface area contributed by atoms with E-state index in [0.717, 1.165) is 32.6 Å². The van der Waals surface area contributed by atoms with Crippen molar-refractivity contribution in [3.63, 3.8) is 0 Å². The van der Waals surface area contributed by atoms with Crippen LogP contribution in [-0.2, 0) is 6.54 Å². The minimum absolute atomic E-state index is 0.117. The van der Waals surface area contributed by atoms with Gasteiger partial charge in [-0.05, 0) is 84.2 Å². The third kappa shape index (κ3) is 3.96. The van der Waals surface area contributed by atoms with E-state index in [9.17, 15) is 0 Å². The fraction of sp³-hybridized carbons (Fsp3) is 0.438. The molecule has 0 unspecified atom stereocenters. The number of nitrogens with one attached hydrogen (secondary N) is 1. The molecular formula is C16H21Br2N3. The fourth-order valence-electron chi connectivity index (χ4n) is 2.06. The summed E-state index contributed by atoms with van der Waals surface area (Å²) >= 11 is 7.24. The van der Waals surface area contributed by atoms with E-state index in [1.807, 2.05) is 11.6 Å². The summed E-state index contributed by atoms with van der Waals surface area (Å²) < 4.78 is 4.08. The van der Waals surface area contributed by atoms with E-state index >= 15 is 0 Å². The topological polar surface area (TPSA) is 29.9 Å². The number of hydrogen-bond donors (Lipinski definition) is 1. The zero-order chi connectivity index (χ0) is 15.8. The third-order valence-corrected chi connectivity index (χ3v) is 5.05. The standard InChI is InChI=1S/C16H21Br2N3/c1-10-15(18)11(2)21(20-10)14-7-6-12(8-13(14)17)9-19-16(3,4)5/h6-8,19H,9H2,1-5H3. The van der Waals surface area contributed by atoms with Crippen molar-refractivity contribution in [3.8, 4) is 5.69 Å². The molecule has 1 aromatic heterocycles. The summed E-state index contributed by atoms with van der Waals surface area (Å²) in [7, 11) is 0. The molecular weight excluding hydrogens is 394 g/mol. The van der Waals surface area contributed by atoms with Crippen molar-refractivity contribution >= 4 is 31.9 Å². The highest BCUT2D eigenvalue weighted by Crippen LogP contribution is 2.28. The van der Waals surface area contributed by atoms with Gasteiger partial charge in [0.15, 0.2) is 0 Å². The van der Waals surface area contributed by atoms with Gasteiger partial charge in [0, 0.05) is 16.6 Å². The van der Waals surface area contributed by atoms with Crippen LogP contribution in [0.2, 0.25) is 0 Å². The first-order valence-corrected chi connectivity index (χ1v) is 8.53. The second kappa shape index (κ2) is 6.23. The molecule has 0 radical (unpaired) electrons. The Morgan fingerprint density at radius 1 is 1.19 bits per heavy atom. The number of benzene rings is 1. The van der Waals surface area contributed by atoms with E-state index in [2.05, 4.69) is 88.2 Å². The van der Waals surface area contributed by atoms with Crippen molar-refractivity contribution < 1.29 is 0 Å². The monoisotopic (exact) mass is 413 g/mol. The number of aromatic nitrogens is 2. The van der Waals surface area contributed by atoms with Crippen molar-refractivity contribution in [1.29, 1.82) is 0 Å². The Labute approximate surface area is 143 Å². The van der Waals surface area contributed by atoms with Crippen molar-refractivity contribution in [2.45, 2.75) is 46.7 Å². The Balaban J connectivity index is 2.29. The third-order valence-electron chi connectivity index (χ3n) is 3.27. The molecule has 0 aliphatic carbocycles. The van der Waals surface area contributed by atoms with Crippen LogP contribution in [0.15, 0.2) is 27.1 Å². The van der Waals surface area contributed by atoms with Gasteiger partial charge in [0.1, 0.15) is 0 Å². The van der Waals surface area contributed by atoms with Crippen molar-refractivity contribution in [1.82, 2.24) is 15.1 Å². The lowest BCUT2D eigenvalue weighted by Gasteiger charge is -2.21. The minimum atomic E-state index is 0.117. The van der Waals surface area contributed by atoms with Crippen LogP contribution >= 0.6 is 31.9 Å². The van der Waals surface area contributed by atoms with Gasteiger partial charge in [-0.1, -0.05) is 6.07 Å². The van der Waals surface area contributed by atoms with E-state index in [-0.39, 0.29) is 5.54 Å². The van der Waals surface area contributed by atoms with Gasteiger partial charge < -0.3 is 5.32 Å². The number of halogens is 2. The van der Waals surface area contributed by atoms with Crippen LogP contribution in [-0.4, -0.2) is 15.3 Å². The second-order valence-electron chi connectivity index (χ2n) is 6.29. The fourth-order valence-corrected chi connectivity index (χ4v) is 2.90. The molecule has 0 spiro atoms. The van der Waals surface area contributed by atoms with Crippen LogP contribution < -0.4 is 5.32 Å². The summed E-state index contributed by atoms with van der Waals surface area (Å²) in [6.45, 7) is 11.4. The molecule has 1 aromatic carbocycles. The van der Waals surface area contributed by atoms with Gasteiger partial charge in [-0.15, -0.1) is 0 Å². The van der Waals surface area contributed by atoms with Crippen molar-refractivity contribution in [2.75, 3.05) is 0 Å². The molecule has 0 fully saturated rings. The summed E-state index contributed by atoms with van der Waals surface area (Å²) in [5.74, 6) is 0. The summed E-state index contributed by atoms with van der Waals surface area (Å²) in [5, 5.41) is 8.08. The summed E-state index contributed by atoms with van der Waals surface area (Å²) in [5.41, 5.74) is 4.53. The van der Waals surface area contributed by atoms with Crippen molar-refractivity contribution in [2.24, 2.45) is 0 Å². The maximum absolute atomic E-state index is 4.58. The zero-order valence-electron chi connectivity index (χ0n) is 13.1. The SMILES string of the molecule is Cc1nn(-c2ccc(CNC(C)(C)C)cc2Br)c(C)c1Br. The predicted octanol–water partition coefficient (Wildman–Crippen LogP) is 4.90. The van der Waals surface area contributed by atoms with E-state index in [1.165, 1.54) is 5.56 Å². The molecule has 0 saturated carbocycles. The highest BCUT2D eigenvalue weighted by molar-refractivity contribution is 9.11. The first-order chi connectivity index (χ1) is 9.69. The average Bonchev–Trinajstić information content (AvgIpc) is 2.63. The minimum Gasteiger partial charge on any atom is -0.308 e. The van der Waals surface area contributed by atoms with Crippen LogP contribution in [0.25, 0.3) is 5.69 Å². The molecule has 0 bridgehead atoms.